The van der Waals surface area contributed by atoms with Crippen molar-refractivity contribution in [2.24, 2.45) is 0 Å². The predicted octanol–water partition coefficient (Wildman–Crippen LogP) is 3.62. The highest BCUT2D eigenvalue weighted by Crippen LogP contribution is 2.44. The SMILES string of the molecule is Cc1ccc2c(c1)C1OCCOC1[C@H](c1ccccc1)N2. The Hall–Kier alpha value is -1.84. The second-order valence-corrected chi connectivity index (χ2v) is 5.75. The Morgan fingerprint density at radius 2 is 1.81 bits per heavy atom. The van der Waals surface area contributed by atoms with E-state index < -0.39 is 0 Å². The van der Waals surface area contributed by atoms with E-state index in [4.69, 9.17) is 9.47 Å². The van der Waals surface area contributed by atoms with E-state index in [0.717, 1.165) is 5.69 Å². The van der Waals surface area contributed by atoms with Crippen LogP contribution in [-0.4, -0.2) is 19.3 Å². The maximum Gasteiger partial charge on any atom is 0.113 e. The second-order valence-electron chi connectivity index (χ2n) is 5.75. The zero-order chi connectivity index (χ0) is 14.2. The molecule has 0 bridgehead atoms. The zero-order valence-electron chi connectivity index (χ0n) is 12.1. The summed E-state index contributed by atoms with van der Waals surface area (Å²) in [6.07, 6.45) is 0.0376. The fourth-order valence-corrected chi connectivity index (χ4v) is 3.31. The molecule has 2 aliphatic rings. The smallest absolute Gasteiger partial charge is 0.113 e. The molecular weight excluding hydrogens is 262 g/mol. The van der Waals surface area contributed by atoms with E-state index in [9.17, 15) is 0 Å². The van der Waals surface area contributed by atoms with Crippen molar-refractivity contribution < 1.29 is 9.47 Å². The first kappa shape index (κ1) is 12.9. The van der Waals surface area contributed by atoms with Crippen LogP contribution in [0, 0.1) is 6.92 Å². The number of hydrogen-bond donors (Lipinski definition) is 1. The van der Waals surface area contributed by atoms with Crippen molar-refractivity contribution >= 4 is 5.69 Å². The van der Waals surface area contributed by atoms with Crippen LogP contribution in [0.2, 0.25) is 0 Å². The average molecular weight is 281 g/mol. The third kappa shape index (κ3) is 2.23. The van der Waals surface area contributed by atoms with Crippen molar-refractivity contribution in [3.63, 3.8) is 0 Å². The highest BCUT2D eigenvalue weighted by Gasteiger charge is 2.40. The minimum absolute atomic E-state index is 0.0140. The summed E-state index contributed by atoms with van der Waals surface area (Å²) < 4.78 is 12.1. The molecule has 3 nitrogen and oxygen atoms in total. The summed E-state index contributed by atoms with van der Waals surface area (Å²) in [7, 11) is 0. The van der Waals surface area contributed by atoms with Crippen LogP contribution < -0.4 is 5.32 Å². The number of hydrogen-bond acceptors (Lipinski definition) is 3. The molecule has 1 N–H and O–H groups in total. The summed E-state index contributed by atoms with van der Waals surface area (Å²) in [4.78, 5) is 0. The molecule has 1 saturated heterocycles. The molecule has 108 valence electrons. The Labute approximate surface area is 124 Å². The van der Waals surface area contributed by atoms with E-state index in [1.54, 1.807) is 0 Å². The number of anilines is 1. The van der Waals surface area contributed by atoms with Crippen LogP contribution in [0.5, 0.6) is 0 Å². The molecule has 0 radical (unpaired) electrons. The molecular formula is C18H19NO2. The van der Waals surface area contributed by atoms with Gasteiger partial charge in [-0.05, 0) is 18.6 Å². The normalized spacial score (nSPS) is 27.4. The molecule has 0 amide bonds. The molecule has 0 spiro atoms. The van der Waals surface area contributed by atoms with Crippen LogP contribution in [0.4, 0.5) is 5.69 Å². The summed E-state index contributed by atoms with van der Waals surface area (Å²) in [5.41, 5.74) is 4.86. The van der Waals surface area contributed by atoms with Gasteiger partial charge in [0.15, 0.2) is 0 Å². The summed E-state index contributed by atoms with van der Waals surface area (Å²) in [6, 6.07) is 17.1. The Morgan fingerprint density at radius 3 is 2.67 bits per heavy atom. The van der Waals surface area contributed by atoms with Crippen LogP contribution in [0.25, 0.3) is 0 Å². The lowest BCUT2D eigenvalue weighted by Gasteiger charge is -2.43. The maximum absolute atomic E-state index is 6.06. The number of benzene rings is 2. The van der Waals surface area contributed by atoms with Gasteiger partial charge in [-0.15, -0.1) is 0 Å². The number of aryl methyl sites for hydroxylation is 1. The first-order chi connectivity index (χ1) is 10.3. The van der Waals surface area contributed by atoms with Crippen molar-refractivity contribution in [2.45, 2.75) is 25.2 Å². The van der Waals surface area contributed by atoms with Gasteiger partial charge in [0.1, 0.15) is 12.2 Å². The van der Waals surface area contributed by atoms with Crippen molar-refractivity contribution in [3.05, 3.63) is 65.2 Å². The third-order valence-electron chi connectivity index (χ3n) is 4.30. The van der Waals surface area contributed by atoms with Crippen LogP contribution in [0.1, 0.15) is 28.8 Å². The second kappa shape index (κ2) is 5.17. The number of rotatable bonds is 1. The topological polar surface area (TPSA) is 30.5 Å². The third-order valence-corrected chi connectivity index (χ3v) is 4.30. The predicted molar refractivity (Wildman–Crippen MR) is 82.4 cm³/mol. The van der Waals surface area contributed by atoms with Gasteiger partial charge in [0.25, 0.3) is 0 Å². The minimum atomic E-state index is 0.0140. The van der Waals surface area contributed by atoms with Gasteiger partial charge in [0.05, 0.1) is 19.3 Å². The monoisotopic (exact) mass is 281 g/mol. The first-order valence-corrected chi connectivity index (χ1v) is 7.48. The molecule has 2 unspecified atom stereocenters. The molecule has 2 heterocycles. The van der Waals surface area contributed by atoms with Gasteiger partial charge in [-0.1, -0.05) is 48.0 Å². The molecule has 2 aromatic carbocycles. The fourth-order valence-electron chi connectivity index (χ4n) is 3.31. The molecule has 0 aliphatic carbocycles. The quantitative estimate of drug-likeness (QED) is 0.866. The van der Waals surface area contributed by atoms with E-state index in [1.807, 2.05) is 6.07 Å². The lowest BCUT2D eigenvalue weighted by Crippen LogP contribution is -2.43. The van der Waals surface area contributed by atoms with Crippen LogP contribution in [0.15, 0.2) is 48.5 Å². The summed E-state index contributed by atoms with van der Waals surface area (Å²) in [5, 5.41) is 3.63. The molecule has 0 aromatic heterocycles. The van der Waals surface area contributed by atoms with Crippen LogP contribution in [-0.2, 0) is 9.47 Å². The standard InChI is InChI=1S/C18H19NO2/c1-12-7-8-15-14(11-12)17-18(21-10-9-20-17)16(19-15)13-5-3-2-4-6-13/h2-8,11,16-19H,9-10H2,1H3/t16-,17?,18?/m0/s1. The molecule has 1 fully saturated rings. The largest absolute Gasteiger partial charge is 0.375 e. The van der Waals surface area contributed by atoms with Crippen molar-refractivity contribution in [2.75, 3.05) is 18.5 Å². The Morgan fingerprint density at radius 1 is 1.00 bits per heavy atom. The fraction of sp³-hybridized carbons (Fsp3) is 0.333. The molecule has 3 atom stereocenters. The summed E-state index contributed by atoms with van der Waals surface area (Å²) >= 11 is 0. The van der Waals surface area contributed by atoms with E-state index in [1.165, 1.54) is 16.7 Å². The van der Waals surface area contributed by atoms with Gasteiger partial charge in [0.2, 0.25) is 0 Å². The van der Waals surface area contributed by atoms with Crippen molar-refractivity contribution in [3.8, 4) is 0 Å². The summed E-state index contributed by atoms with van der Waals surface area (Å²) in [6.45, 7) is 3.44. The highest BCUT2D eigenvalue weighted by molar-refractivity contribution is 5.58. The minimum Gasteiger partial charge on any atom is -0.375 e. The lowest BCUT2D eigenvalue weighted by atomic mass is 9.87. The molecule has 3 heteroatoms. The van der Waals surface area contributed by atoms with E-state index in [-0.39, 0.29) is 18.2 Å². The number of nitrogens with one attached hydrogen (secondary N) is 1. The van der Waals surface area contributed by atoms with Gasteiger partial charge in [-0.2, -0.15) is 0 Å². The van der Waals surface area contributed by atoms with Crippen LogP contribution in [0.3, 0.4) is 0 Å². The first-order valence-electron chi connectivity index (χ1n) is 7.48. The molecule has 0 saturated carbocycles. The van der Waals surface area contributed by atoms with Gasteiger partial charge >= 0.3 is 0 Å². The number of ether oxygens (including phenoxy) is 2. The average Bonchev–Trinajstić information content (AvgIpc) is 2.55. The zero-order valence-corrected chi connectivity index (χ0v) is 12.1. The van der Waals surface area contributed by atoms with Crippen molar-refractivity contribution in [1.29, 1.82) is 0 Å². The maximum atomic E-state index is 6.06. The molecule has 2 aliphatic heterocycles. The Bertz CT molecular complexity index is 641. The Balaban J connectivity index is 1.79. The van der Waals surface area contributed by atoms with E-state index in [0.29, 0.717) is 13.2 Å². The Kier molecular flexibility index (Phi) is 3.17. The molecule has 21 heavy (non-hydrogen) atoms. The molecule has 4 rings (SSSR count). The lowest BCUT2D eigenvalue weighted by molar-refractivity contribution is -0.151. The molecule has 2 aromatic rings. The van der Waals surface area contributed by atoms with Crippen molar-refractivity contribution in [1.82, 2.24) is 0 Å². The highest BCUT2D eigenvalue weighted by atomic mass is 16.6. The van der Waals surface area contributed by atoms with Gasteiger partial charge < -0.3 is 14.8 Å². The number of fused-ring (bicyclic) bond motifs is 3. The summed E-state index contributed by atoms with van der Waals surface area (Å²) in [5.74, 6) is 0. The van der Waals surface area contributed by atoms with Gasteiger partial charge in [0, 0.05) is 11.3 Å². The van der Waals surface area contributed by atoms with E-state index >= 15 is 0 Å². The van der Waals surface area contributed by atoms with Crippen LogP contribution >= 0.6 is 0 Å². The van der Waals surface area contributed by atoms with E-state index in [2.05, 4.69) is 54.7 Å². The van der Waals surface area contributed by atoms with Gasteiger partial charge in [-0.25, -0.2) is 0 Å². The van der Waals surface area contributed by atoms with Gasteiger partial charge in [-0.3, -0.25) is 0 Å².